The van der Waals surface area contributed by atoms with Crippen LogP contribution in [-0.4, -0.2) is 42.5 Å². The van der Waals surface area contributed by atoms with Crippen molar-refractivity contribution in [2.75, 3.05) is 20.3 Å². The number of aromatic nitrogens is 2. The summed E-state index contributed by atoms with van der Waals surface area (Å²) in [6.07, 6.45) is 3.64. The highest BCUT2D eigenvalue weighted by Gasteiger charge is 2.35. The molecule has 0 bridgehead atoms. The van der Waals surface area contributed by atoms with E-state index in [9.17, 15) is 0 Å². The van der Waals surface area contributed by atoms with Crippen LogP contribution in [0.2, 0.25) is 0 Å². The summed E-state index contributed by atoms with van der Waals surface area (Å²) in [5.41, 5.74) is 0. The predicted molar refractivity (Wildman–Crippen MR) is 67.7 cm³/mol. The second-order valence-corrected chi connectivity index (χ2v) is 5.45. The molecule has 6 heteroatoms. The van der Waals surface area contributed by atoms with E-state index in [1.165, 1.54) is 0 Å². The Morgan fingerprint density at radius 2 is 2.26 bits per heavy atom. The molecule has 1 saturated carbocycles. The summed E-state index contributed by atoms with van der Waals surface area (Å²) in [6.45, 7) is 3.53. The molecule has 6 nitrogen and oxygen atoms in total. The van der Waals surface area contributed by atoms with E-state index < -0.39 is 0 Å². The Morgan fingerprint density at radius 1 is 1.42 bits per heavy atom. The van der Waals surface area contributed by atoms with Crippen LogP contribution in [0.5, 0.6) is 0 Å². The minimum Gasteiger partial charge on any atom is -0.381 e. The van der Waals surface area contributed by atoms with Crippen molar-refractivity contribution in [1.82, 2.24) is 15.5 Å². The van der Waals surface area contributed by atoms with E-state index in [0.29, 0.717) is 29.8 Å². The van der Waals surface area contributed by atoms with Gasteiger partial charge in [-0.1, -0.05) is 5.16 Å². The molecule has 1 aromatic rings. The zero-order valence-electron chi connectivity index (χ0n) is 11.5. The highest BCUT2D eigenvalue weighted by atomic mass is 16.5. The quantitative estimate of drug-likeness (QED) is 0.865. The maximum absolute atomic E-state index is 5.73. The molecule has 1 aliphatic carbocycles. The number of nitrogens with one attached hydrogen (secondary N) is 1. The molecule has 0 spiro atoms. The molecule has 106 valence electrons. The molecule has 0 amide bonds. The summed E-state index contributed by atoms with van der Waals surface area (Å²) in [4.78, 5) is 4.28. The lowest BCUT2D eigenvalue weighted by Gasteiger charge is -2.35. The molecule has 1 N–H and O–H groups in total. The van der Waals surface area contributed by atoms with Crippen molar-refractivity contribution < 1.29 is 14.0 Å². The molecule has 1 aromatic heterocycles. The molecule has 2 heterocycles. The maximum atomic E-state index is 5.73. The Hall–Kier alpha value is -0.980. The Morgan fingerprint density at radius 3 is 2.95 bits per heavy atom. The van der Waals surface area contributed by atoms with Gasteiger partial charge in [0.05, 0.1) is 6.10 Å². The first-order valence-corrected chi connectivity index (χ1v) is 6.94. The van der Waals surface area contributed by atoms with Gasteiger partial charge < -0.3 is 19.3 Å². The first-order chi connectivity index (χ1) is 9.26. The maximum Gasteiger partial charge on any atom is 0.256 e. The summed E-state index contributed by atoms with van der Waals surface area (Å²) >= 11 is 0. The monoisotopic (exact) mass is 267 g/mol. The van der Waals surface area contributed by atoms with Gasteiger partial charge in [0, 0.05) is 32.2 Å². The summed E-state index contributed by atoms with van der Waals surface area (Å²) in [5.74, 6) is 1.70. The number of hydrogen-bond acceptors (Lipinski definition) is 6. The third kappa shape index (κ3) is 2.80. The lowest BCUT2D eigenvalue weighted by molar-refractivity contribution is 0.0136. The van der Waals surface area contributed by atoms with Crippen molar-refractivity contribution in [3.63, 3.8) is 0 Å². The number of rotatable bonds is 5. The first kappa shape index (κ1) is 13.0. The zero-order chi connectivity index (χ0) is 13.2. The fourth-order valence-corrected chi connectivity index (χ4v) is 2.79. The van der Waals surface area contributed by atoms with Crippen LogP contribution in [0.15, 0.2) is 4.52 Å². The number of methoxy groups -OCH3 is 1. The molecular weight excluding hydrogens is 246 g/mol. The molecule has 2 aliphatic rings. The van der Waals surface area contributed by atoms with Crippen LogP contribution in [0.1, 0.15) is 37.1 Å². The third-order valence-corrected chi connectivity index (χ3v) is 4.10. The Labute approximate surface area is 112 Å². The van der Waals surface area contributed by atoms with Gasteiger partial charge in [-0.2, -0.15) is 4.98 Å². The van der Waals surface area contributed by atoms with E-state index in [-0.39, 0.29) is 6.10 Å². The van der Waals surface area contributed by atoms with Gasteiger partial charge in [0.15, 0.2) is 5.82 Å². The Bertz CT molecular complexity index is 417. The van der Waals surface area contributed by atoms with Crippen LogP contribution in [0.25, 0.3) is 0 Å². The fraction of sp³-hybridized carbons (Fsp3) is 0.846. The van der Waals surface area contributed by atoms with Crippen molar-refractivity contribution in [1.29, 1.82) is 0 Å². The van der Waals surface area contributed by atoms with Crippen LogP contribution >= 0.6 is 0 Å². The van der Waals surface area contributed by atoms with Gasteiger partial charge in [-0.3, -0.25) is 0 Å². The zero-order valence-corrected chi connectivity index (χ0v) is 11.5. The minimum atomic E-state index is -0.0491. The Balaban J connectivity index is 1.50. The van der Waals surface area contributed by atoms with E-state index in [4.69, 9.17) is 14.0 Å². The smallest absolute Gasteiger partial charge is 0.256 e. The first-order valence-electron chi connectivity index (χ1n) is 6.94. The second-order valence-electron chi connectivity index (χ2n) is 5.45. The van der Waals surface area contributed by atoms with Crippen LogP contribution in [0.3, 0.4) is 0 Å². The lowest BCUT2D eigenvalue weighted by Crippen LogP contribution is -2.46. The van der Waals surface area contributed by atoms with E-state index >= 15 is 0 Å². The molecule has 2 atom stereocenters. The van der Waals surface area contributed by atoms with E-state index in [1.54, 1.807) is 7.11 Å². The Kier molecular flexibility index (Phi) is 3.81. The van der Waals surface area contributed by atoms with Crippen molar-refractivity contribution in [3.8, 4) is 0 Å². The van der Waals surface area contributed by atoms with Gasteiger partial charge in [-0.05, 0) is 26.2 Å². The van der Waals surface area contributed by atoms with Gasteiger partial charge in [-0.15, -0.1) is 0 Å². The third-order valence-electron chi connectivity index (χ3n) is 4.10. The normalized spacial score (nSPS) is 34.4. The minimum absolute atomic E-state index is 0.0491. The van der Waals surface area contributed by atoms with Gasteiger partial charge in [0.25, 0.3) is 5.89 Å². The highest BCUT2D eigenvalue weighted by Crippen LogP contribution is 2.33. The van der Waals surface area contributed by atoms with Gasteiger partial charge in [0.2, 0.25) is 0 Å². The van der Waals surface area contributed by atoms with Crippen molar-refractivity contribution in [3.05, 3.63) is 11.7 Å². The van der Waals surface area contributed by atoms with E-state index in [0.717, 1.165) is 32.4 Å². The van der Waals surface area contributed by atoms with Gasteiger partial charge >= 0.3 is 0 Å². The van der Waals surface area contributed by atoms with E-state index in [2.05, 4.69) is 15.5 Å². The molecule has 0 radical (unpaired) electrons. The highest BCUT2D eigenvalue weighted by molar-refractivity contribution is 4.95. The fourth-order valence-electron chi connectivity index (χ4n) is 2.79. The summed E-state index contributed by atoms with van der Waals surface area (Å²) in [5, 5.41) is 7.42. The summed E-state index contributed by atoms with van der Waals surface area (Å²) in [7, 11) is 1.78. The van der Waals surface area contributed by atoms with Crippen LogP contribution in [0.4, 0.5) is 0 Å². The molecule has 1 saturated heterocycles. The lowest BCUT2D eigenvalue weighted by atomic mass is 9.88. The molecule has 19 heavy (non-hydrogen) atoms. The average Bonchev–Trinajstić information content (AvgIpc) is 2.96. The number of hydrogen-bond donors (Lipinski definition) is 1. The number of ether oxygens (including phenoxy) is 2. The van der Waals surface area contributed by atoms with Crippen molar-refractivity contribution in [2.45, 2.75) is 44.4 Å². The van der Waals surface area contributed by atoms with E-state index in [1.807, 2.05) is 6.92 Å². The van der Waals surface area contributed by atoms with Crippen molar-refractivity contribution >= 4 is 0 Å². The van der Waals surface area contributed by atoms with Crippen LogP contribution in [-0.2, 0) is 9.47 Å². The molecule has 3 rings (SSSR count). The predicted octanol–water partition coefficient (Wildman–Crippen LogP) is 1.22. The molecule has 0 aromatic carbocycles. The van der Waals surface area contributed by atoms with Gasteiger partial charge in [-0.25, -0.2) is 0 Å². The number of nitrogens with zero attached hydrogens (tertiary/aromatic N) is 2. The number of aryl methyl sites for hydroxylation is 1. The molecule has 1 aliphatic heterocycles. The second kappa shape index (κ2) is 5.56. The molecule has 2 fully saturated rings. The SMILES string of the molecule is COC1CC(NC[C@@H]2CCO[C@@H]2c2nc(C)no2)C1. The summed E-state index contributed by atoms with van der Waals surface area (Å²) < 4.78 is 16.2. The topological polar surface area (TPSA) is 69.4 Å². The average molecular weight is 267 g/mol. The largest absolute Gasteiger partial charge is 0.381 e. The molecule has 0 unspecified atom stereocenters. The van der Waals surface area contributed by atoms with Crippen molar-refractivity contribution in [2.24, 2.45) is 5.92 Å². The molecular formula is C13H21N3O3. The standard InChI is InChI=1S/C13H21N3O3/c1-8-15-13(19-16-8)12-9(3-4-18-12)7-14-10-5-11(6-10)17-2/h9-12,14H,3-7H2,1-2H3/t9-,10?,11?,12-/m0/s1. The van der Waals surface area contributed by atoms with Gasteiger partial charge in [0.1, 0.15) is 6.10 Å². The van der Waals surface area contributed by atoms with Crippen LogP contribution in [0, 0.1) is 12.8 Å². The van der Waals surface area contributed by atoms with Crippen LogP contribution < -0.4 is 5.32 Å². The summed E-state index contributed by atoms with van der Waals surface area (Å²) in [6, 6.07) is 0.579.